The molecule has 13 N–H and O–H groups in total. The van der Waals surface area contributed by atoms with Crippen LogP contribution in [0.15, 0.2) is 0 Å². The molecular formula is C22H40N8O8. The molecule has 0 aliphatic rings. The molecule has 4 atom stereocenters. The Balaban J connectivity index is 5.58. The number of carboxylic acid groups (broad SMARTS) is 2. The summed E-state index contributed by atoms with van der Waals surface area (Å²) >= 11 is 0. The minimum atomic E-state index is -1.46. The molecule has 16 nitrogen and oxygen atoms in total. The van der Waals surface area contributed by atoms with Gasteiger partial charge < -0.3 is 48.7 Å². The van der Waals surface area contributed by atoms with Crippen molar-refractivity contribution in [2.24, 2.45) is 23.1 Å². The molecule has 0 unspecified atom stereocenters. The Morgan fingerprint density at radius 1 is 0.789 bits per heavy atom. The van der Waals surface area contributed by atoms with Gasteiger partial charge in [0.05, 0.1) is 6.04 Å². The van der Waals surface area contributed by atoms with Gasteiger partial charge in [-0.1, -0.05) is 13.8 Å². The van der Waals surface area contributed by atoms with E-state index < -0.39 is 66.2 Å². The monoisotopic (exact) mass is 544 g/mol. The highest BCUT2D eigenvalue weighted by Crippen LogP contribution is 2.07. The van der Waals surface area contributed by atoms with Gasteiger partial charge >= 0.3 is 11.9 Å². The van der Waals surface area contributed by atoms with Crippen LogP contribution in [-0.2, 0) is 28.8 Å². The van der Waals surface area contributed by atoms with Crippen LogP contribution in [0.3, 0.4) is 0 Å². The molecule has 0 rings (SSSR count). The van der Waals surface area contributed by atoms with Crippen molar-refractivity contribution in [2.45, 2.75) is 83.0 Å². The fourth-order valence-corrected chi connectivity index (χ4v) is 3.32. The van der Waals surface area contributed by atoms with Crippen LogP contribution < -0.4 is 38.5 Å². The van der Waals surface area contributed by atoms with E-state index >= 15 is 0 Å². The first-order valence-electron chi connectivity index (χ1n) is 12.1. The molecule has 0 spiro atoms. The molecule has 16 heteroatoms. The third kappa shape index (κ3) is 15.2. The summed E-state index contributed by atoms with van der Waals surface area (Å²) in [7, 11) is 0. The number of carbonyl (C=O) groups excluding carboxylic acids is 4. The Labute approximate surface area is 220 Å². The van der Waals surface area contributed by atoms with E-state index in [4.69, 9.17) is 27.7 Å². The van der Waals surface area contributed by atoms with Gasteiger partial charge in [-0.05, 0) is 38.0 Å². The lowest BCUT2D eigenvalue weighted by Crippen LogP contribution is -2.57. The fraction of sp³-hybridized carbons (Fsp3) is 0.682. The number of carboxylic acids is 2. The summed E-state index contributed by atoms with van der Waals surface area (Å²) in [6, 6.07) is -5.10. The minimum absolute atomic E-state index is 0.0496. The number of amides is 4. The minimum Gasteiger partial charge on any atom is -0.481 e. The normalized spacial score (nSPS) is 13.9. The van der Waals surface area contributed by atoms with E-state index in [2.05, 4.69) is 21.3 Å². The molecular weight excluding hydrogens is 504 g/mol. The number of nitrogens with two attached hydrogens (primary N) is 3. The lowest BCUT2D eigenvalue weighted by molar-refractivity contribution is -0.143. The van der Waals surface area contributed by atoms with Gasteiger partial charge in [0, 0.05) is 19.4 Å². The molecule has 0 aromatic carbocycles. The topological polar surface area (TPSA) is 293 Å². The zero-order chi connectivity index (χ0) is 29.4. The Bertz CT molecular complexity index is 866. The standard InChI is InChI=1S/C22H40N8O8/c1-11(2)10-12(23)18(34)28-13(5-7-16(24)31)19(35)29-14(6-8-17(32)33)20(36)30-15(21(37)38)4-3-9-27-22(25)26/h11-15H,3-10,23H2,1-2H3,(H2,24,31)(H,28,34)(H,29,35)(H,30,36)(H,32,33)(H,37,38)(H4,25,26,27)/t12-,13-,14-,15-/m0/s1. The quantitative estimate of drug-likeness (QED) is 0.0453. The molecule has 0 aliphatic heterocycles. The molecule has 0 aromatic heterocycles. The van der Waals surface area contributed by atoms with E-state index in [0.29, 0.717) is 6.42 Å². The zero-order valence-corrected chi connectivity index (χ0v) is 21.6. The average Bonchev–Trinajstić information content (AvgIpc) is 2.79. The number of nitrogens with one attached hydrogen (secondary N) is 5. The van der Waals surface area contributed by atoms with Gasteiger partial charge in [0.2, 0.25) is 23.6 Å². The van der Waals surface area contributed by atoms with Crippen LogP contribution in [0.1, 0.15) is 58.8 Å². The van der Waals surface area contributed by atoms with Crippen molar-refractivity contribution < 1.29 is 39.0 Å². The Morgan fingerprint density at radius 3 is 1.74 bits per heavy atom. The predicted octanol–water partition coefficient (Wildman–Crippen LogP) is -2.71. The summed E-state index contributed by atoms with van der Waals surface area (Å²) in [5, 5.41) is 35.1. The highest BCUT2D eigenvalue weighted by Gasteiger charge is 2.30. The number of rotatable bonds is 19. The van der Waals surface area contributed by atoms with Crippen LogP contribution in [0.4, 0.5) is 0 Å². The number of carbonyl (C=O) groups is 6. The van der Waals surface area contributed by atoms with Gasteiger partial charge in [0.15, 0.2) is 5.96 Å². The molecule has 0 radical (unpaired) electrons. The second kappa shape index (κ2) is 17.5. The molecule has 0 heterocycles. The number of primary amides is 1. The molecule has 0 aliphatic carbocycles. The van der Waals surface area contributed by atoms with Gasteiger partial charge in [0.25, 0.3) is 0 Å². The van der Waals surface area contributed by atoms with Crippen LogP contribution >= 0.6 is 0 Å². The predicted molar refractivity (Wildman–Crippen MR) is 135 cm³/mol. The van der Waals surface area contributed by atoms with Crippen molar-refractivity contribution in [1.29, 1.82) is 5.41 Å². The van der Waals surface area contributed by atoms with E-state index in [-0.39, 0.29) is 50.5 Å². The Kier molecular flexibility index (Phi) is 15.7. The second-order valence-corrected chi connectivity index (χ2v) is 9.18. The maximum atomic E-state index is 13.0. The fourth-order valence-electron chi connectivity index (χ4n) is 3.32. The first kappa shape index (κ1) is 34.0. The maximum Gasteiger partial charge on any atom is 0.326 e. The van der Waals surface area contributed by atoms with Crippen molar-refractivity contribution in [1.82, 2.24) is 21.3 Å². The first-order valence-corrected chi connectivity index (χ1v) is 12.1. The molecule has 4 amide bonds. The molecule has 0 bridgehead atoms. The van der Waals surface area contributed by atoms with Gasteiger partial charge in [-0.2, -0.15) is 0 Å². The lowest BCUT2D eigenvalue weighted by Gasteiger charge is -2.25. The molecule has 0 fully saturated rings. The summed E-state index contributed by atoms with van der Waals surface area (Å²) < 4.78 is 0. The molecule has 216 valence electrons. The summed E-state index contributed by atoms with van der Waals surface area (Å²) in [4.78, 5) is 72.3. The Morgan fingerprint density at radius 2 is 1.29 bits per heavy atom. The largest absolute Gasteiger partial charge is 0.481 e. The van der Waals surface area contributed by atoms with Gasteiger partial charge in [-0.25, -0.2) is 4.79 Å². The van der Waals surface area contributed by atoms with Crippen LogP contribution in [-0.4, -0.2) is 82.5 Å². The summed E-state index contributed by atoms with van der Waals surface area (Å²) in [6.45, 7) is 3.87. The summed E-state index contributed by atoms with van der Waals surface area (Å²) in [5.41, 5.74) is 16.2. The van der Waals surface area contributed by atoms with Crippen molar-refractivity contribution in [2.75, 3.05) is 6.54 Å². The average molecular weight is 545 g/mol. The van der Waals surface area contributed by atoms with E-state index in [0.717, 1.165) is 0 Å². The Hall–Kier alpha value is -3.95. The molecule has 38 heavy (non-hydrogen) atoms. The van der Waals surface area contributed by atoms with Gasteiger partial charge in [-0.3, -0.25) is 29.4 Å². The summed E-state index contributed by atoms with van der Waals surface area (Å²) in [5.74, 6) is -6.12. The van der Waals surface area contributed by atoms with Gasteiger partial charge in [0.1, 0.15) is 18.1 Å². The second-order valence-electron chi connectivity index (χ2n) is 9.18. The van der Waals surface area contributed by atoms with Crippen LogP contribution in [0.5, 0.6) is 0 Å². The number of aliphatic carboxylic acids is 2. The lowest BCUT2D eigenvalue weighted by atomic mass is 10.0. The van der Waals surface area contributed by atoms with Crippen molar-refractivity contribution >= 4 is 41.5 Å². The third-order valence-electron chi connectivity index (χ3n) is 5.25. The first-order chi connectivity index (χ1) is 17.6. The zero-order valence-electron chi connectivity index (χ0n) is 21.6. The van der Waals surface area contributed by atoms with E-state index in [1.165, 1.54) is 0 Å². The van der Waals surface area contributed by atoms with Crippen molar-refractivity contribution in [3.63, 3.8) is 0 Å². The molecule has 0 saturated heterocycles. The number of guanidine groups is 1. The van der Waals surface area contributed by atoms with Crippen LogP contribution in [0.25, 0.3) is 0 Å². The van der Waals surface area contributed by atoms with Crippen LogP contribution in [0, 0.1) is 11.3 Å². The molecule has 0 saturated carbocycles. The smallest absolute Gasteiger partial charge is 0.326 e. The molecule has 0 aromatic rings. The van der Waals surface area contributed by atoms with Crippen molar-refractivity contribution in [3.05, 3.63) is 0 Å². The number of hydrogen-bond acceptors (Lipinski definition) is 8. The SMILES string of the molecule is CC(C)C[C@H](N)C(=O)N[C@@H](CCC(N)=O)C(=O)N[C@@H](CCC(=O)O)C(=O)N[C@@H](CCCNC(=N)N)C(=O)O. The summed E-state index contributed by atoms with van der Waals surface area (Å²) in [6.07, 6.45) is -0.912. The highest BCUT2D eigenvalue weighted by atomic mass is 16.4. The van der Waals surface area contributed by atoms with E-state index in [1.807, 2.05) is 13.8 Å². The van der Waals surface area contributed by atoms with Gasteiger partial charge in [-0.15, -0.1) is 0 Å². The number of hydrogen-bond donors (Lipinski definition) is 10. The highest BCUT2D eigenvalue weighted by molar-refractivity contribution is 5.94. The van der Waals surface area contributed by atoms with E-state index in [1.54, 1.807) is 0 Å². The van der Waals surface area contributed by atoms with Crippen LogP contribution in [0.2, 0.25) is 0 Å². The maximum absolute atomic E-state index is 13.0. The van der Waals surface area contributed by atoms with Crippen molar-refractivity contribution in [3.8, 4) is 0 Å². The van der Waals surface area contributed by atoms with E-state index in [9.17, 15) is 33.9 Å². The third-order valence-corrected chi connectivity index (χ3v) is 5.25.